The van der Waals surface area contributed by atoms with E-state index in [2.05, 4.69) is 4.74 Å². The van der Waals surface area contributed by atoms with Crippen LogP contribution in [0.4, 0.5) is 35.1 Å². The first-order valence-electron chi connectivity index (χ1n) is 4.24. The molecular weight excluding hydrogens is 276 g/mol. The molecule has 0 aliphatic heterocycles. The Morgan fingerprint density at radius 1 is 0.833 bits per heavy atom. The van der Waals surface area contributed by atoms with E-state index < -0.39 is 29.8 Å². The molecule has 0 aliphatic carbocycles. The number of hydrogen-bond acceptors (Lipinski definition) is 1. The summed E-state index contributed by atoms with van der Waals surface area (Å²) in [6, 6.07) is 1.79. The molecule has 0 heterocycles. The highest BCUT2D eigenvalue weighted by Crippen LogP contribution is 2.38. The fourth-order valence-corrected chi connectivity index (χ4v) is 0.942. The standard InChI is InChI=1S/C9H4F8O/c10-7(11,12)5-2-1-3-6(4-5)18-9(16,17)8(13,14)15/h1-4H. The van der Waals surface area contributed by atoms with Crippen LogP contribution in [0.25, 0.3) is 0 Å². The van der Waals surface area contributed by atoms with Gasteiger partial charge in [-0.2, -0.15) is 35.1 Å². The van der Waals surface area contributed by atoms with Gasteiger partial charge in [-0.05, 0) is 18.2 Å². The number of alkyl halides is 8. The maximum absolute atomic E-state index is 12.4. The monoisotopic (exact) mass is 280 g/mol. The van der Waals surface area contributed by atoms with Crippen LogP contribution in [0.5, 0.6) is 5.75 Å². The SMILES string of the molecule is FC(F)(F)c1cccc(OC(F)(F)C(F)(F)F)c1. The van der Waals surface area contributed by atoms with Gasteiger partial charge in [-0.15, -0.1) is 0 Å². The molecule has 0 atom stereocenters. The van der Waals surface area contributed by atoms with Gasteiger partial charge in [-0.1, -0.05) is 6.07 Å². The van der Waals surface area contributed by atoms with Crippen molar-refractivity contribution < 1.29 is 39.9 Å². The number of hydrogen-bond donors (Lipinski definition) is 0. The molecule has 1 rings (SSSR count). The van der Waals surface area contributed by atoms with Gasteiger partial charge in [0.1, 0.15) is 5.75 Å². The average Bonchev–Trinajstić information content (AvgIpc) is 2.14. The molecule has 0 aromatic heterocycles. The molecule has 0 amide bonds. The lowest BCUT2D eigenvalue weighted by atomic mass is 10.2. The topological polar surface area (TPSA) is 9.23 Å². The molecule has 18 heavy (non-hydrogen) atoms. The van der Waals surface area contributed by atoms with Crippen LogP contribution in [0.1, 0.15) is 5.56 Å². The normalized spacial score (nSPS) is 13.6. The summed E-state index contributed by atoms with van der Waals surface area (Å²) in [5.74, 6) is -1.23. The lowest BCUT2D eigenvalue weighted by Crippen LogP contribution is -2.41. The predicted octanol–water partition coefficient (Wildman–Crippen LogP) is 4.24. The van der Waals surface area contributed by atoms with Crippen molar-refractivity contribution in [2.24, 2.45) is 0 Å². The van der Waals surface area contributed by atoms with Crippen molar-refractivity contribution in [1.82, 2.24) is 0 Å². The summed E-state index contributed by atoms with van der Waals surface area (Å²) in [6.45, 7) is 0. The Balaban J connectivity index is 3.00. The molecule has 0 unspecified atom stereocenters. The molecule has 9 heteroatoms. The zero-order chi connectivity index (χ0) is 14.2. The van der Waals surface area contributed by atoms with Crippen LogP contribution in [0, 0.1) is 0 Å². The van der Waals surface area contributed by atoms with Crippen LogP contribution in [0.3, 0.4) is 0 Å². The second-order valence-corrected chi connectivity index (χ2v) is 3.14. The van der Waals surface area contributed by atoms with Gasteiger partial charge >= 0.3 is 18.5 Å². The molecule has 0 aliphatic rings. The van der Waals surface area contributed by atoms with Gasteiger partial charge in [0.25, 0.3) is 0 Å². The highest BCUT2D eigenvalue weighted by atomic mass is 19.4. The molecule has 1 aromatic rings. The molecule has 0 saturated carbocycles. The third-order valence-corrected chi connectivity index (χ3v) is 1.74. The molecule has 0 bridgehead atoms. The van der Waals surface area contributed by atoms with E-state index in [-0.39, 0.29) is 6.07 Å². The number of halogens is 8. The summed E-state index contributed by atoms with van der Waals surface area (Å²) in [7, 11) is 0. The van der Waals surface area contributed by atoms with Crippen molar-refractivity contribution in [3.8, 4) is 5.75 Å². The maximum Gasteiger partial charge on any atom is 0.499 e. The van der Waals surface area contributed by atoms with Gasteiger partial charge in [-0.3, -0.25) is 0 Å². The smallest absolute Gasteiger partial charge is 0.426 e. The third kappa shape index (κ3) is 3.23. The summed E-state index contributed by atoms with van der Waals surface area (Å²) in [5, 5.41) is 0. The molecule has 102 valence electrons. The van der Waals surface area contributed by atoms with Gasteiger partial charge in [0.2, 0.25) is 0 Å². The van der Waals surface area contributed by atoms with Crippen LogP contribution in [0.15, 0.2) is 24.3 Å². The van der Waals surface area contributed by atoms with E-state index in [1.165, 1.54) is 0 Å². The highest BCUT2D eigenvalue weighted by Gasteiger charge is 2.61. The lowest BCUT2D eigenvalue weighted by molar-refractivity contribution is -0.360. The Labute approximate surface area is 95.0 Å². The summed E-state index contributed by atoms with van der Waals surface area (Å²) >= 11 is 0. The van der Waals surface area contributed by atoms with Gasteiger partial charge in [-0.25, -0.2) is 0 Å². The Hall–Kier alpha value is -1.54. The maximum atomic E-state index is 12.4. The minimum atomic E-state index is -6.01. The molecule has 0 saturated heterocycles. The molecular formula is C9H4F8O. The quantitative estimate of drug-likeness (QED) is 0.736. The molecule has 0 N–H and O–H groups in total. The van der Waals surface area contributed by atoms with Gasteiger partial charge < -0.3 is 4.74 Å². The largest absolute Gasteiger partial charge is 0.499 e. The Morgan fingerprint density at radius 2 is 1.39 bits per heavy atom. The van der Waals surface area contributed by atoms with Crippen LogP contribution < -0.4 is 4.74 Å². The number of benzene rings is 1. The van der Waals surface area contributed by atoms with Gasteiger partial charge in [0.05, 0.1) is 5.56 Å². The predicted molar refractivity (Wildman–Crippen MR) is 43.1 cm³/mol. The molecule has 1 nitrogen and oxygen atoms in total. The first kappa shape index (κ1) is 14.5. The molecule has 0 spiro atoms. The second kappa shape index (κ2) is 4.29. The molecule has 0 radical (unpaired) electrons. The zero-order valence-electron chi connectivity index (χ0n) is 8.24. The molecule has 0 fully saturated rings. The summed E-state index contributed by atoms with van der Waals surface area (Å²) in [5.41, 5.74) is -1.39. The zero-order valence-corrected chi connectivity index (χ0v) is 8.24. The summed E-state index contributed by atoms with van der Waals surface area (Å²) in [4.78, 5) is 0. The van der Waals surface area contributed by atoms with Crippen LogP contribution in [0.2, 0.25) is 0 Å². The second-order valence-electron chi connectivity index (χ2n) is 3.14. The lowest BCUT2D eigenvalue weighted by Gasteiger charge is -2.20. The van der Waals surface area contributed by atoms with Crippen molar-refractivity contribution in [1.29, 1.82) is 0 Å². The first-order valence-corrected chi connectivity index (χ1v) is 4.24. The van der Waals surface area contributed by atoms with E-state index >= 15 is 0 Å². The van der Waals surface area contributed by atoms with E-state index in [0.717, 1.165) is 0 Å². The van der Waals surface area contributed by atoms with Crippen molar-refractivity contribution in [3.63, 3.8) is 0 Å². The average molecular weight is 280 g/mol. The van der Waals surface area contributed by atoms with E-state index in [1.807, 2.05) is 0 Å². The number of ether oxygens (including phenoxy) is 1. The first-order chi connectivity index (χ1) is 7.93. The number of rotatable bonds is 2. The van der Waals surface area contributed by atoms with Gasteiger partial charge in [0, 0.05) is 0 Å². The van der Waals surface area contributed by atoms with E-state index in [1.54, 1.807) is 0 Å². The third-order valence-electron chi connectivity index (χ3n) is 1.74. The van der Waals surface area contributed by atoms with Crippen molar-refractivity contribution in [2.45, 2.75) is 18.5 Å². The summed E-state index contributed by atoms with van der Waals surface area (Å²) < 4.78 is 99.9. The van der Waals surface area contributed by atoms with Crippen LogP contribution >= 0.6 is 0 Å². The van der Waals surface area contributed by atoms with E-state index in [4.69, 9.17) is 0 Å². The van der Waals surface area contributed by atoms with Crippen molar-refractivity contribution >= 4 is 0 Å². The minimum absolute atomic E-state index is 0.0552. The highest BCUT2D eigenvalue weighted by molar-refractivity contribution is 5.30. The fourth-order valence-electron chi connectivity index (χ4n) is 0.942. The van der Waals surface area contributed by atoms with Crippen molar-refractivity contribution in [2.75, 3.05) is 0 Å². The van der Waals surface area contributed by atoms with Crippen molar-refractivity contribution in [3.05, 3.63) is 29.8 Å². The van der Waals surface area contributed by atoms with E-state index in [9.17, 15) is 35.1 Å². The van der Waals surface area contributed by atoms with Gasteiger partial charge in [0.15, 0.2) is 0 Å². The Bertz CT molecular complexity index is 419. The van der Waals surface area contributed by atoms with Crippen LogP contribution in [-0.2, 0) is 6.18 Å². The minimum Gasteiger partial charge on any atom is -0.426 e. The van der Waals surface area contributed by atoms with E-state index in [0.29, 0.717) is 18.2 Å². The Kier molecular flexibility index (Phi) is 3.46. The fraction of sp³-hybridized carbons (Fsp3) is 0.333. The Morgan fingerprint density at radius 3 is 1.83 bits per heavy atom. The summed E-state index contributed by atoms with van der Waals surface area (Å²) in [6.07, 6.45) is -16.4. The van der Waals surface area contributed by atoms with Crippen LogP contribution in [-0.4, -0.2) is 12.3 Å². The molecule has 1 aromatic carbocycles.